The van der Waals surface area contributed by atoms with Crippen LogP contribution in [0.3, 0.4) is 0 Å². The Kier molecular flexibility index (Phi) is 7.48. The Hall–Kier alpha value is -2.84. The van der Waals surface area contributed by atoms with E-state index in [4.69, 9.17) is 11.6 Å². The van der Waals surface area contributed by atoms with Gasteiger partial charge < -0.3 is 15.2 Å². The first-order valence-corrected chi connectivity index (χ1v) is 10.7. The summed E-state index contributed by atoms with van der Waals surface area (Å²) in [5.74, 6) is 0.431. The zero-order chi connectivity index (χ0) is 21.5. The standard InChI is InChI=1S/C21H22ClN5O2S/c1-14(24-20(29)16-10-6-7-11-17(16)22)19-25-26-21(27(19)2)30-13-18(28)23-12-15-8-4-3-5-9-15/h3-11,14H,12-13H2,1-2H3,(H,23,28)(H,24,29)/t14-/m0/s1. The van der Waals surface area contributed by atoms with Crippen LogP contribution in [-0.4, -0.2) is 32.3 Å². The SMILES string of the molecule is C[C@H](NC(=O)c1ccccc1Cl)c1nnc(SCC(=O)NCc2ccccc2)n1C. The molecule has 0 saturated heterocycles. The molecule has 1 atom stereocenters. The highest BCUT2D eigenvalue weighted by Gasteiger charge is 2.20. The van der Waals surface area contributed by atoms with Crippen molar-refractivity contribution in [3.63, 3.8) is 0 Å². The predicted molar refractivity (Wildman–Crippen MR) is 117 cm³/mol. The molecule has 156 valence electrons. The molecule has 0 spiro atoms. The van der Waals surface area contributed by atoms with Crippen LogP contribution in [0.1, 0.15) is 34.7 Å². The van der Waals surface area contributed by atoms with Crippen molar-refractivity contribution in [2.45, 2.75) is 24.7 Å². The third-order valence-corrected chi connectivity index (χ3v) is 5.74. The average Bonchev–Trinajstić information content (AvgIpc) is 3.12. The summed E-state index contributed by atoms with van der Waals surface area (Å²) in [6, 6.07) is 16.2. The highest BCUT2D eigenvalue weighted by Crippen LogP contribution is 2.20. The number of hydrogen-bond acceptors (Lipinski definition) is 5. The van der Waals surface area contributed by atoms with Gasteiger partial charge in [0.2, 0.25) is 5.91 Å². The Morgan fingerprint density at radius 2 is 1.80 bits per heavy atom. The number of carbonyl (C=O) groups excluding carboxylic acids is 2. The number of nitrogens with zero attached hydrogens (tertiary/aromatic N) is 3. The number of hydrogen-bond donors (Lipinski definition) is 2. The summed E-state index contributed by atoms with van der Waals surface area (Å²) in [7, 11) is 1.80. The van der Waals surface area contributed by atoms with Crippen LogP contribution in [0.2, 0.25) is 5.02 Å². The maximum atomic E-state index is 12.5. The molecule has 9 heteroatoms. The van der Waals surface area contributed by atoms with E-state index in [1.165, 1.54) is 11.8 Å². The molecule has 3 rings (SSSR count). The van der Waals surface area contributed by atoms with E-state index in [2.05, 4.69) is 20.8 Å². The molecule has 2 amide bonds. The highest BCUT2D eigenvalue weighted by atomic mass is 35.5. The molecule has 0 aliphatic heterocycles. The van der Waals surface area contributed by atoms with Gasteiger partial charge in [0.25, 0.3) is 5.91 Å². The van der Waals surface area contributed by atoms with Gasteiger partial charge in [-0.1, -0.05) is 65.8 Å². The molecule has 0 saturated carbocycles. The Bertz CT molecular complexity index is 1030. The van der Waals surface area contributed by atoms with Gasteiger partial charge in [-0.3, -0.25) is 9.59 Å². The lowest BCUT2D eigenvalue weighted by molar-refractivity contribution is -0.118. The van der Waals surface area contributed by atoms with Gasteiger partial charge in [-0.15, -0.1) is 10.2 Å². The van der Waals surface area contributed by atoms with E-state index in [1.54, 1.807) is 35.9 Å². The molecule has 30 heavy (non-hydrogen) atoms. The van der Waals surface area contributed by atoms with Gasteiger partial charge in [0.1, 0.15) is 0 Å². The first-order valence-electron chi connectivity index (χ1n) is 9.34. The van der Waals surface area contributed by atoms with Gasteiger partial charge in [-0.25, -0.2) is 0 Å². The van der Waals surface area contributed by atoms with E-state index in [-0.39, 0.29) is 23.6 Å². The fourth-order valence-electron chi connectivity index (χ4n) is 2.79. The van der Waals surface area contributed by atoms with Crippen LogP contribution in [0.15, 0.2) is 59.8 Å². The smallest absolute Gasteiger partial charge is 0.253 e. The molecule has 7 nitrogen and oxygen atoms in total. The lowest BCUT2D eigenvalue weighted by Crippen LogP contribution is -2.28. The Morgan fingerprint density at radius 1 is 1.10 bits per heavy atom. The summed E-state index contributed by atoms with van der Waals surface area (Å²) >= 11 is 7.37. The second kappa shape index (κ2) is 10.3. The van der Waals surface area contributed by atoms with E-state index in [9.17, 15) is 9.59 Å². The summed E-state index contributed by atoms with van der Waals surface area (Å²) in [6.45, 7) is 2.30. The lowest BCUT2D eigenvalue weighted by Gasteiger charge is -2.14. The average molecular weight is 444 g/mol. The van der Waals surface area contributed by atoms with Crippen LogP contribution >= 0.6 is 23.4 Å². The lowest BCUT2D eigenvalue weighted by atomic mass is 10.2. The molecule has 2 aromatic carbocycles. The Morgan fingerprint density at radius 3 is 2.53 bits per heavy atom. The number of halogens is 1. The quantitative estimate of drug-likeness (QED) is 0.521. The largest absolute Gasteiger partial charge is 0.351 e. The highest BCUT2D eigenvalue weighted by molar-refractivity contribution is 7.99. The second-order valence-corrected chi connectivity index (χ2v) is 7.98. The van der Waals surface area contributed by atoms with Crippen molar-refractivity contribution < 1.29 is 9.59 Å². The second-order valence-electron chi connectivity index (χ2n) is 6.63. The first kappa shape index (κ1) is 21.9. The molecule has 0 fully saturated rings. The van der Waals surface area contributed by atoms with Gasteiger partial charge in [-0.05, 0) is 24.6 Å². The van der Waals surface area contributed by atoms with E-state index >= 15 is 0 Å². The van der Waals surface area contributed by atoms with E-state index < -0.39 is 0 Å². The van der Waals surface area contributed by atoms with Crippen LogP contribution in [-0.2, 0) is 18.4 Å². The first-order chi connectivity index (χ1) is 14.5. The Balaban J connectivity index is 1.54. The van der Waals surface area contributed by atoms with Crippen molar-refractivity contribution in [1.82, 2.24) is 25.4 Å². The zero-order valence-electron chi connectivity index (χ0n) is 16.6. The molecule has 0 unspecified atom stereocenters. The fourth-order valence-corrected chi connectivity index (χ4v) is 3.76. The van der Waals surface area contributed by atoms with Crippen LogP contribution in [0.4, 0.5) is 0 Å². The van der Waals surface area contributed by atoms with Gasteiger partial charge in [0.05, 0.1) is 22.4 Å². The number of carbonyl (C=O) groups is 2. The van der Waals surface area contributed by atoms with Gasteiger partial charge in [0, 0.05) is 13.6 Å². The van der Waals surface area contributed by atoms with Crippen LogP contribution < -0.4 is 10.6 Å². The van der Waals surface area contributed by atoms with Gasteiger partial charge in [-0.2, -0.15) is 0 Å². The van der Waals surface area contributed by atoms with Crippen LogP contribution in [0, 0.1) is 0 Å². The molecule has 2 N–H and O–H groups in total. The molecule has 0 aliphatic carbocycles. The zero-order valence-corrected chi connectivity index (χ0v) is 18.2. The molecule has 0 bridgehead atoms. The third-order valence-electron chi connectivity index (χ3n) is 4.39. The van der Waals surface area contributed by atoms with Crippen molar-refractivity contribution in [2.24, 2.45) is 7.05 Å². The van der Waals surface area contributed by atoms with Gasteiger partial charge in [0.15, 0.2) is 11.0 Å². The summed E-state index contributed by atoms with van der Waals surface area (Å²) in [5.41, 5.74) is 1.44. The van der Waals surface area contributed by atoms with Crippen molar-refractivity contribution in [3.05, 3.63) is 76.6 Å². The van der Waals surface area contributed by atoms with E-state index in [1.807, 2.05) is 37.3 Å². The number of aromatic nitrogens is 3. The van der Waals surface area contributed by atoms with Crippen molar-refractivity contribution >= 4 is 35.2 Å². The number of nitrogens with one attached hydrogen (secondary N) is 2. The summed E-state index contributed by atoms with van der Waals surface area (Å²) < 4.78 is 1.77. The summed E-state index contributed by atoms with van der Waals surface area (Å²) in [4.78, 5) is 24.6. The third kappa shape index (κ3) is 5.61. The molecule has 1 heterocycles. The minimum absolute atomic E-state index is 0.0894. The van der Waals surface area contributed by atoms with Crippen molar-refractivity contribution in [2.75, 3.05) is 5.75 Å². The summed E-state index contributed by atoms with van der Waals surface area (Å²) in [6.07, 6.45) is 0. The van der Waals surface area contributed by atoms with Crippen LogP contribution in [0.5, 0.6) is 0 Å². The van der Waals surface area contributed by atoms with Crippen molar-refractivity contribution in [3.8, 4) is 0 Å². The minimum Gasteiger partial charge on any atom is -0.351 e. The Labute approximate surface area is 184 Å². The number of benzene rings is 2. The predicted octanol–water partition coefficient (Wildman–Crippen LogP) is 3.37. The normalized spacial score (nSPS) is 11.7. The van der Waals surface area contributed by atoms with Crippen LogP contribution in [0.25, 0.3) is 0 Å². The fraction of sp³-hybridized carbons (Fsp3) is 0.238. The monoisotopic (exact) mass is 443 g/mol. The molecule has 0 radical (unpaired) electrons. The maximum absolute atomic E-state index is 12.5. The number of amides is 2. The molecule has 0 aliphatic rings. The van der Waals surface area contributed by atoms with E-state index in [0.717, 1.165) is 5.56 Å². The molecular weight excluding hydrogens is 422 g/mol. The molecule has 3 aromatic rings. The van der Waals surface area contributed by atoms with E-state index in [0.29, 0.717) is 28.1 Å². The molecule has 1 aromatic heterocycles. The summed E-state index contributed by atoms with van der Waals surface area (Å²) in [5, 5.41) is 15.1. The minimum atomic E-state index is -0.382. The number of rotatable bonds is 8. The van der Waals surface area contributed by atoms with Crippen molar-refractivity contribution in [1.29, 1.82) is 0 Å². The topological polar surface area (TPSA) is 88.9 Å². The van der Waals surface area contributed by atoms with Gasteiger partial charge >= 0.3 is 0 Å². The maximum Gasteiger partial charge on any atom is 0.253 e. The molecular formula is C21H22ClN5O2S. The number of thioether (sulfide) groups is 1.